The van der Waals surface area contributed by atoms with Gasteiger partial charge in [0.1, 0.15) is 18.2 Å². The smallest absolute Gasteiger partial charge is 0.134 e. The summed E-state index contributed by atoms with van der Waals surface area (Å²) in [5.74, 6) is 0.641. The molecule has 0 saturated carbocycles. The average molecular weight is 717 g/mol. The summed E-state index contributed by atoms with van der Waals surface area (Å²) in [6, 6.07) is 42.5. The van der Waals surface area contributed by atoms with Gasteiger partial charge in [-0.1, -0.05) is 104 Å². The molecular weight excluding hydrogens is 673 g/mol. The number of allylic oxidation sites excluding steroid dienone is 9. The van der Waals surface area contributed by atoms with Crippen molar-refractivity contribution in [1.82, 2.24) is 13.7 Å². The summed E-state index contributed by atoms with van der Waals surface area (Å²) < 4.78 is 6.44. The van der Waals surface area contributed by atoms with Crippen LogP contribution in [0.4, 0.5) is 11.5 Å². The van der Waals surface area contributed by atoms with Gasteiger partial charge in [0.15, 0.2) is 0 Å². The summed E-state index contributed by atoms with van der Waals surface area (Å²) in [6.45, 7) is 12.3. The molecule has 3 heterocycles. The van der Waals surface area contributed by atoms with Crippen LogP contribution in [0.1, 0.15) is 13.8 Å². The number of hydrogen-bond acceptors (Lipinski definition) is 3. The summed E-state index contributed by atoms with van der Waals surface area (Å²) in [4.78, 5) is 8.49. The molecule has 55 heavy (non-hydrogen) atoms. The lowest BCUT2D eigenvalue weighted by molar-refractivity contribution is 0.799. The van der Waals surface area contributed by atoms with Crippen LogP contribution in [0, 0.1) is 0 Å². The van der Waals surface area contributed by atoms with Crippen LogP contribution in [0.3, 0.4) is 0 Å². The molecule has 8 rings (SSSR count). The van der Waals surface area contributed by atoms with Gasteiger partial charge in [-0.15, -0.1) is 0 Å². The normalized spacial score (nSPS) is 12.3. The minimum Gasteiger partial charge on any atom is -0.383 e. The van der Waals surface area contributed by atoms with Crippen LogP contribution in [0.15, 0.2) is 193 Å². The number of nitrogens with two attached hydrogens (primary N) is 1. The standard InChI is InChI=1S/C33H27N3.C16H17N3/c1-4-6-11-25(5-2)36-32-15-10-8-13-27(32)29-21-24(17-19-33(29)36)23-16-18-31-28(20-23)26-12-7-9-14-30(26)35(31)22-34-3;1-2-3-4-8-12-18-15-11-13-19(16(15)17)14-9-6-5-7-10-14/h4-21H,2-3,22H2,1H3;2-13H,17H2,1H3/b6-4-,25-11+;3-2+,8-4-,18-12?. The monoisotopic (exact) mass is 716 g/mol. The van der Waals surface area contributed by atoms with E-state index in [1.54, 1.807) is 6.21 Å². The first-order valence-corrected chi connectivity index (χ1v) is 18.3. The maximum atomic E-state index is 6.09. The molecule has 2 N–H and O–H groups in total. The lowest BCUT2D eigenvalue weighted by Gasteiger charge is -2.09. The molecule has 0 radical (unpaired) electrons. The van der Waals surface area contributed by atoms with Crippen LogP contribution in [0.5, 0.6) is 0 Å². The molecule has 6 nitrogen and oxygen atoms in total. The van der Waals surface area contributed by atoms with E-state index in [0.717, 1.165) is 17.1 Å². The van der Waals surface area contributed by atoms with Crippen LogP contribution in [0.25, 0.3) is 66.1 Å². The van der Waals surface area contributed by atoms with Crippen LogP contribution in [-0.4, -0.2) is 26.6 Å². The highest BCUT2D eigenvalue weighted by atomic mass is 15.1. The van der Waals surface area contributed by atoms with E-state index in [1.165, 1.54) is 54.7 Å². The van der Waals surface area contributed by atoms with Gasteiger partial charge in [-0.3, -0.25) is 9.98 Å². The summed E-state index contributed by atoms with van der Waals surface area (Å²) in [5.41, 5.74) is 16.0. The Morgan fingerprint density at radius 3 is 1.95 bits per heavy atom. The molecule has 3 aromatic heterocycles. The van der Waals surface area contributed by atoms with Gasteiger partial charge in [0.25, 0.3) is 0 Å². The van der Waals surface area contributed by atoms with Crippen LogP contribution < -0.4 is 5.73 Å². The molecule has 0 aliphatic heterocycles. The molecule has 270 valence electrons. The Morgan fingerprint density at radius 2 is 1.25 bits per heavy atom. The molecule has 0 aliphatic carbocycles. The van der Waals surface area contributed by atoms with Crippen LogP contribution in [0.2, 0.25) is 0 Å². The Kier molecular flexibility index (Phi) is 11.0. The van der Waals surface area contributed by atoms with Crippen LogP contribution >= 0.6 is 0 Å². The predicted molar refractivity (Wildman–Crippen MR) is 239 cm³/mol. The Balaban J connectivity index is 0.000000207. The highest BCUT2D eigenvalue weighted by molar-refractivity contribution is 6.13. The van der Waals surface area contributed by atoms with E-state index in [0.29, 0.717) is 12.5 Å². The second kappa shape index (κ2) is 16.7. The van der Waals surface area contributed by atoms with Crippen molar-refractivity contribution in [3.8, 4) is 16.8 Å². The van der Waals surface area contributed by atoms with Crippen molar-refractivity contribution in [2.24, 2.45) is 9.98 Å². The molecule has 0 atom stereocenters. The van der Waals surface area contributed by atoms with E-state index in [-0.39, 0.29) is 0 Å². The Hall–Kier alpha value is -7.18. The number of nitrogen functional groups attached to an aromatic ring is 1. The summed E-state index contributed by atoms with van der Waals surface area (Å²) in [5, 5.41) is 4.94. The number of aliphatic imine (C=N–C) groups is 2. The molecule has 0 aliphatic rings. The number of rotatable bonds is 10. The molecule has 0 saturated heterocycles. The molecular formula is C49H44N6. The molecule has 0 amide bonds. The van der Waals surface area contributed by atoms with Gasteiger partial charge in [0, 0.05) is 45.3 Å². The van der Waals surface area contributed by atoms with E-state index in [1.807, 2.05) is 97.5 Å². The van der Waals surface area contributed by atoms with Crippen LogP contribution in [-0.2, 0) is 6.67 Å². The van der Waals surface area contributed by atoms with Gasteiger partial charge in [-0.25, -0.2) is 0 Å². The number of aromatic nitrogens is 3. The summed E-state index contributed by atoms with van der Waals surface area (Å²) in [6.07, 6.45) is 19.5. The van der Waals surface area contributed by atoms with Gasteiger partial charge in [0.05, 0.1) is 22.1 Å². The highest BCUT2D eigenvalue weighted by Crippen LogP contribution is 2.37. The van der Waals surface area contributed by atoms with Crippen molar-refractivity contribution in [3.63, 3.8) is 0 Å². The maximum Gasteiger partial charge on any atom is 0.134 e. The molecule has 0 bridgehead atoms. The second-order valence-electron chi connectivity index (χ2n) is 12.9. The van der Waals surface area contributed by atoms with E-state index >= 15 is 0 Å². The molecule has 0 unspecified atom stereocenters. The number of anilines is 1. The number of nitrogens with zero attached hydrogens (tertiary/aromatic N) is 5. The largest absolute Gasteiger partial charge is 0.383 e. The first-order chi connectivity index (χ1) is 27.1. The van der Waals surface area contributed by atoms with Crippen molar-refractivity contribution in [2.45, 2.75) is 20.5 Å². The molecule has 0 fully saturated rings. The van der Waals surface area contributed by atoms with Gasteiger partial charge in [-0.2, -0.15) is 0 Å². The molecule has 5 aromatic carbocycles. The first kappa shape index (κ1) is 36.2. The van der Waals surface area contributed by atoms with Gasteiger partial charge < -0.3 is 19.4 Å². The van der Waals surface area contributed by atoms with E-state index in [4.69, 9.17) is 5.73 Å². The topological polar surface area (TPSA) is 65.5 Å². The number of para-hydroxylation sites is 3. The van der Waals surface area contributed by atoms with Crippen molar-refractivity contribution >= 4 is 73.7 Å². The van der Waals surface area contributed by atoms with E-state index in [2.05, 4.69) is 129 Å². The van der Waals surface area contributed by atoms with E-state index < -0.39 is 0 Å². The van der Waals surface area contributed by atoms with Crippen molar-refractivity contribution in [2.75, 3.05) is 5.73 Å². The summed E-state index contributed by atoms with van der Waals surface area (Å²) >= 11 is 0. The minimum absolute atomic E-state index is 0.543. The third-order valence-electron chi connectivity index (χ3n) is 9.60. The van der Waals surface area contributed by atoms with Gasteiger partial charge >= 0.3 is 0 Å². The third kappa shape index (κ3) is 7.26. The fourth-order valence-electron chi connectivity index (χ4n) is 7.05. The highest BCUT2D eigenvalue weighted by Gasteiger charge is 2.15. The molecule has 0 spiro atoms. The molecule has 8 aromatic rings. The second-order valence-corrected chi connectivity index (χ2v) is 12.9. The summed E-state index contributed by atoms with van der Waals surface area (Å²) in [7, 11) is 0. The first-order valence-electron chi connectivity index (χ1n) is 18.3. The Labute approximate surface area is 322 Å². The van der Waals surface area contributed by atoms with Crippen molar-refractivity contribution < 1.29 is 0 Å². The zero-order valence-electron chi connectivity index (χ0n) is 31.3. The fourth-order valence-corrected chi connectivity index (χ4v) is 7.05. The van der Waals surface area contributed by atoms with Gasteiger partial charge in [-0.05, 0) is 105 Å². The average Bonchev–Trinajstić information content (AvgIpc) is 3.87. The number of benzene rings is 5. The minimum atomic E-state index is 0.543. The zero-order chi connectivity index (χ0) is 38.1. The maximum absolute atomic E-state index is 6.09. The van der Waals surface area contributed by atoms with Crippen molar-refractivity contribution in [3.05, 3.63) is 183 Å². The SMILES string of the molecule is C/C=C/C=C\C=Nc1ccn(-c2ccccc2)c1N.C=C/C(=C\C=C/C)n1c2ccccc2c2cc(-c3ccc4c(c3)c3ccccc3n4CN=C)ccc21. The number of hydrogen-bond donors (Lipinski definition) is 1. The Bertz CT molecular complexity index is 2800. The van der Waals surface area contributed by atoms with Crippen molar-refractivity contribution in [1.29, 1.82) is 0 Å². The lowest BCUT2D eigenvalue weighted by Crippen LogP contribution is -1.97. The van der Waals surface area contributed by atoms with E-state index in [9.17, 15) is 0 Å². The van der Waals surface area contributed by atoms with Gasteiger partial charge in [0.2, 0.25) is 0 Å². The predicted octanol–water partition coefficient (Wildman–Crippen LogP) is 12.7. The number of fused-ring (bicyclic) bond motifs is 6. The quantitative estimate of drug-likeness (QED) is 0.111. The fraction of sp³-hybridized carbons (Fsp3) is 0.0612. The molecule has 6 heteroatoms. The Morgan fingerprint density at radius 1 is 0.655 bits per heavy atom. The zero-order valence-corrected chi connectivity index (χ0v) is 31.3. The third-order valence-corrected chi connectivity index (χ3v) is 9.60. The lowest BCUT2D eigenvalue weighted by atomic mass is 10.0.